The Bertz CT molecular complexity index is 448. The van der Waals surface area contributed by atoms with E-state index in [1.807, 2.05) is 49.4 Å². The summed E-state index contributed by atoms with van der Waals surface area (Å²) in [5.41, 5.74) is 1.04. The van der Waals surface area contributed by atoms with Crippen LogP contribution in [0.5, 0.6) is 0 Å². The fourth-order valence-electron chi connectivity index (χ4n) is 1.60. The van der Waals surface area contributed by atoms with Crippen molar-refractivity contribution < 1.29 is 9.09 Å². The number of benzene rings is 1. The normalized spacial score (nSPS) is 29.7. The Kier molecular flexibility index (Phi) is 3.42. The third kappa shape index (κ3) is 2.94. The third-order valence-electron chi connectivity index (χ3n) is 2.40. The maximum Gasteiger partial charge on any atom is 0.247 e. The van der Waals surface area contributed by atoms with E-state index in [0.717, 1.165) is 12.0 Å². The van der Waals surface area contributed by atoms with Crippen LogP contribution in [0.2, 0.25) is 0 Å². The van der Waals surface area contributed by atoms with E-state index in [4.69, 9.17) is 4.52 Å². The lowest BCUT2D eigenvalue weighted by molar-refractivity contribution is 0.230. The molecule has 1 aliphatic heterocycles. The monoisotopic (exact) mass is 234 g/mol. The van der Waals surface area contributed by atoms with E-state index >= 15 is 0 Å². The van der Waals surface area contributed by atoms with Gasteiger partial charge in [0.2, 0.25) is 7.37 Å². The molecule has 0 saturated carbocycles. The summed E-state index contributed by atoms with van der Waals surface area (Å²) in [5, 5.41) is 0. The van der Waals surface area contributed by atoms with Crippen LogP contribution in [0.4, 0.5) is 0 Å². The van der Waals surface area contributed by atoms with Crippen molar-refractivity contribution in [2.24, 2.45) is 0 Å². The SMILES string of the molecule is C[C@H]1CC=C[P@@](=O)(/C=C/c2ccccc2)O1. The van der Waals surface area contributed by atoms with Crippen LogP contribution in [-0.2, 0) is 9.09 Å². The standard InChI is InChI=1S/C13H15O2P/c1-12-6-5-10-16(14,15-12)11-9-13-7-3-2-4-8-13/h2-5,7-12H,6H2,1H3/b11-9+/t12-,16-/m0/s1. The van der Waals surface area contributed by atoms with Gasteiger partial charge in [-0.15, -0.1) is 0 Å². The van der Waals surface area contributed by atoms with E-state index in [1.54, 1.807) is 11.6 Å². The minimum absolute atomic E-state index is 0.0382. The minimum atomic E-state index is -2.70. The molecule has 0 spiro atoms. The number of hydrogen-bond acceptors (Lipinski definition) is 2. The lowest BCUT2D eigenvalue weighted by Gasteiger charge is -2.20. The molecule has 1 aromatic carbocycles. The van der Waals surface area contributed by atoms with Gasteiger partial charge in [-0.2, -0.15) is 0 Å². The molecule has 0 saturated heterocycles. The van der Waals surface area contributed by atoms with Crippen molar-refractivity contribution >= 4 is 13.4 Å². The third-order valence-corrected chi connectivity index (χ3v) is 4.28. The highest BCUT2D eigenvalue weighted by Crippen LogP contribution is 2.54. The molecule has 0 fully saturated rings. The molecular weight excluding hydrogens is 219 g/mol. The Labute approximate surface area is 96.1 Å². The zero-order chi connectivity index (χ0) is 11.4. The molecule has 2 nitrogen and oxygen atoms in total. The molecule has 16 heavy (non-hydrogen) atoms. The first-order chi connectivity index (χ1) is 7.68. The first kappa shape index (κ1) is 11.4. The summed E-state index contributed by atoms with van der Waals surface area (Å²) in [5.74, 6) is 3.36. The van der Waals surface area contributed by atoms with Gasteiger partial charge in [0.15, 0.2) is 0 Å². The van der Waals surface area contributed by atoms with E-state index < -0.39 is 7.37 Å². The molecule has 3 heteroatoms. The van der Waals surface area contributed by atoms with Gasteiger partial charge in [-0.25, -0.2) is 0 Å². The number of rotatable bonds is 2. The van der Waals surface area contributed by atoms with Gasteiger partial charge in [-0.1, -0.05) is 36.4 Å². The quantitative estimate of drug-likeness (QED) is 0.715. The molecule has 0 radical (unpaired) electrons. The molecule has 0 unspecified atom stereocenters. The van der Waals surface area contributed by atoms with Crippen LogP contribution < -0.4 is 0 Å². The first-order valence-electron chi connectivity index (χ1n) is 5.38. The Morgan fingerprint density at radius 1 is 1.38 bits per heavy atom. The summed E-state index contributed by atoms with van der Waals surface area (Å²) < 4.78 is 17.7. The molecule has 0 aromatic heterocycles. The highest BCUT2D eigenvalue weighted by molar-refractivity contribution is 7.65. The van der Waals surface area contributed by atoms with Crippen LogP contribution in [0.15, 0.2) is 48.0 Å². The summed E-state index contributed by atoms with van der Waals surface area (Å²) in [6.45, 7) is 1.94. The summed E-state index contributed by atoms with van der Waals surface area (Å²) in [4.78, 5) is 0. The van der Waals surface area contributed by atoms with Gasteiger partial charge in [0.1, 0.15) is 0 Å². The fraction of sp³-hybridized carbons (Fsp3) is 0.231. The van der Waals surface area contributed by atoms with E-state index in [2.05, 4.69) is 0 Å². The van der Waals surface area contributed by atoms with Gasteiger partial charge in [-0.05, 0) is 25.0 Å². The van der Waals surface area contributed by atoms with Crippen molar-refractivity contribution in [3.8, 4) is 0 Å². The zero-order valence-electron chi connectivity index (χ0n) is 9.24. The molecule has 84 valence electrons. The van der Waals surface area contributed by atoms with Crippen molar-refractivity contribution in [1.82, 2.24) is 0 Å². The minimum Gasteiger partial charge on any atom is -0.319 e. The van der Waals surface area contributed by atoms with Crippen LogP contribution in [0, 0.1) is 0 Å². The topological polar surface area (TPSA) is 26.3 Å². The number of hydrogen-bond donors (Lipinski definition) is 0. The largest absolute Gasteiger partial charge is 0.319 e. The Morgan fingerprint density at radius 2 is 2.12 bits per heavy atom. The second kappa shape index (κ2) is 4.82. The van der Waals surface area contributed by atoms with E-state index in [-0.39, 0.29) is 6.10 Å². The van der Waals surface area contributed by atoms with Crippen molar-refractivity contribution in [3.05, 3.63) is 53.6 Å². The smallest absolute Gasteiger partial charge is 0.247 e. The van der Waals surface area contributed by atoms with Crippen LogP contribution in [0.25, 0.3) is 6.08 Å². The molecule has 0 aliphatic carbocycles. The van der Waals surface area contributed by atoms with Gasteiger partial charge in [0.25, 0.3) is 0 Å². The van der Waals surface area contributed by atoms with Crippen LogP contribution in [-0.4, -0.2) is 6.10 Å². The molecule has 1 heterocycles. The van der Waals surface area contributed by atoms with E-state index in [1.165, 1.54) is 0 Å². The highest BCUT2D eigenvalue weighted by Gasteiger charge is 2.22. The summed E-state index contributed by atoms with van der Waals surface area (Å²) in [6, 6.07) is 9.81. The van der Waals surface area contributed by atoms with Crippen molar-refractivity contribution in [2.45, 2.75) is 19.4 Å². The molecular formula is C13H15O2P. The van der Waals surface area contributed by atoms with Gasteiger partial charge >= 0.3 is 0 Å². The van der Waals surface area contributed by atoms with Crippen LogP contribution >= 0.6 is 7.37 Å². The van der Waals surface area contributed by atoms with Crippen molar-refractivity contribution in [3.63, 3.8) is 0 Å². The predicted molar refractivity (Wildman–Crippen MR) is 67.4 cm³/mol. The van der Waals surface area contributed by atoms with Crippen molar-refractivity contribution in [1.29, 1.82) is 0 Å². The molecule has 0 N–H and O–H groups in total. The van der Waals surface area contributed by atoms with Gasteiger partial charge < -0.3 is 4.52 Å². The van der Waals surface area contributed by atoms with Gasteiger partial charge in [0.05, 0.1) is 6.10 Å². The van der Waals surface area contributed by atoms with Crippen LogP contribution in [0.3, 0.4) is 0 Å². The fourth-order valence-corrected chi connectivity index (χ4v) is 3.28. The molecule has 0 amide bonds. The van der Waals surface area contributed by atoms with E-state index in [9.17, 15) is 4.57 Å². The van der Waals surface area contributed by atoms with Crippen molar-refractivity contribution in [2.75, 3.05) is 0 Å². The highest BCUT2D eigenvalue weighted by atomic mass is 31.2. The molecule has 2 atom stereocenters. The van der Waals surface area contributed by atoms with E-state index in [0.29, 0.717) is 0 Å². The predicted octanol–water partition coefficient (Wildman–Crippen LogP) is 4.26. The van der Waals surface area contributed by atoms with Gasteiger partial charge in [0, 0.05) is 11.6 Å². The molecule has 0 bridgehead atoms. The first-order valence-corrected chi connectivity index (χ1v) is 7.14. The lowest BCUT2D eigenvalue weighted by Crippen LogP contribution is -2.06. The second-order valence-electron chi connectivity index (χ2n) is 3.91. The molecule has 1 aromatic rings. The Morgan fingerprint density at radius 3 is 2.81 bits per heavy atom. The molecule has 1 aliphatic rings. The summed E-state index contributed by atoms with van der Waals surface area (Å²) in [7, 11) is -2.70. The average Bonchev–Trinajstić information content (AvgIpc) is 2.28. The lowest BCUT2D eigenvalue weighted by atomic mass is 10.2. The Hall–Kier alpha value is -1.11. The second-order valence-corrected chi connectivity index (χ2v) is 6.01. The maximum absolute atomic E-state index is 12.2. The van der Waals surface area contributed by atoms with Gasteiger partial charge in [-0.3, -0.25) is 4.57 Å². The molecule has 2 rings (SSSR count). The summed E-state index contributed by atoms with van der Waals surface area (Å²) in [6.07, 6.45) is 4.66. The zero-order valence-corrected chi connectivity index (χ0v) is 10.1. The van der Waals surface area contributed by atoms with Crippen LogP contribution in [0.1, 0.15) is 18.9 Å². The Balaban J connectivity index is 2.15. The summed E-state index contributed by atoms with van der Waals surface area (Å²) >= 11 is 0. The average molecular weight is 234 g/mol. The maximum atomic E-state index is 12.2.